The summed E-state index contributed by atoms with van der Waals surface area (Å²) in [6.07, 6.45) is 5.43. The van der Waals surface area contributed by atoms with Gasteiger partial charge in [-0.25, -0.2) is 0 Å². The summed E-state index contributed by atoms with van der Waals surface area (Å²) in [4.78, 5) is 17.3. The lowest BCUT2D eigenvalue weighted by molar-refractivity contribution is -0.136. The molecule has 96 valence electrons. The van der Waals surface area contributed by atoms with E-state index in [-0.39, 0.29) is 18.1 Å². The second-order valence-corrected chi connectivity index (χ2v) is 4.93. The van der Waals surface area contributed by atoms with Crippen molar-refractivity contribution in [3.8, 4) is 5.75 Å². The van der Waals surface area contributed by atoms with E-state index >= 15 is 0 Å². The summed E-state index contributed by atoms with van der Waals surface area (Å²) in [5.74, 6) is 1.00. The van der Waals surface area contributed by atoms with Crippen molar-refractivity contribution in [1.29, 1.82) is 0 Å². The fraction of sp³-hybridized carbons (Fsp3) is 0.538. The lowest BCUT2D eigenvalue weighted by atomic mass is 10.1. The molecule has 0 spiro atoms. The zero-order valence-corrected chi connectivity index (χ0v) is 10.0. The minimum Gasteiger partial charge on any atom is -0.488 e. The van der Waals surface area contributed by atoms with Gasteiger partial charge in [0.15, 0.2) is 0 Å². The number of rotatable bonds is 3. The number of nitrogens with zero attached hydrogens (tertiary/aromatic N) is 2. The molecular formula is C13H16N2O3. The van der Waals surface area contributed by atoms with Gasteiger partial charge in [0.2, 0.25) is 5.91 Å². The lowest BCUT2D eigenvalue weighted by Crippen LogP contribution is -2.44. The Morgan fingerprint density at radius 2 is 2.44 bits per heavy atom. The number of likely N-dealkylation sites (tertiary alicyclic amines) is 1. The second-order valence-electron chi connectivity index (χ2n) is 4.93. The van der Waals surface area contributed by atoms with Gasteiger partial charge >= 0.3 is 0 Å². The third-order valence-electron chi connectivity index (χ3n) is 3.85. The number of aliphatic hydroxyl groups excluding tert-OH is 1. The van der Waals surface area contributed by atoms with E-state index in [9.17, 15) is 4.79 Å². The van der Waals surface area contributed by atoms with E-state index in [1.54, 1.807) is 17.3 Å². The quantitative estimate of drug-likeness (QED) is 0.843. The fourth-order valence-corrected chi connectivity index (χ4v) is 3.04. The summed E-state index contributed by atoms with van der Waals surface area (Å²) >= 11 is 0. The van der Waals surface area contributed by atoms with E-state index in [0.717, 1.165) is 18.6 Å². The molecule has 0 radical (unpaired) electrons. The lowest BCUT2D eigenvalue weighted by Gasteiger charge is -2.31. The van der Waals surface area contributed by atoms with Gasteiger partial charge in [0.25, 0.3) is 0 Å². The summed E-state index contributed by atoms with van der Waals surface area (Å²) in [6.45, 7) is 0.312. The van der Waals surface area contributed by atoms with Crippen LogP contribution in [0.15, 0.2) is 24.5 Å². The summed E-state index contributed by atoms with van der Waals surface area (Å²) in [6, 6.07) is 3.98. The number of hydrogen-bond acceptors (Lipinski definition) is 4. The second kappa shape index (κ2) is 4.57. The Balaban J connectivity index is 1.62. The van der Waals surface area contributed by atoms with Gasteiger partial charge in [0.05, 0.1) is 6.20 Å². The number of fused-ring (bicyclic) bond motifs is 2. The third-order valence-corrected chi connectivity index (χ3v) is 3.85. The van der Waals surface area contributed by atoms with Crippen LogP contribution in [-0.4, -0.2) is 46.2 Å². The van der Waals surface area contributed by atoms with Gasteiger partial charge in [0.1, 0.15) is 18.5 Å². The molecule has 2 bridgehead atoms. The molecule has 2 aliphatic rings. The van der Waals surface area contributed by atoms with Gasteiger partial charge in [-0.1, -0.05) is 0 Å². The Hall–Kier alpha value is -1.62. The van der Waals surface area contributed by atoms with E-state index in [2.05, 4.69) is 4.98 Å². The molecule has 1 aliphatic heterocycles. The smallest absolute Gasteiger partial charge is 0.248 e. The van der Waals surface area contributed by atoms with Crippen LogP contribution in [0.2, 0.25) is 0 Å². The molecule has 1 N–H and O–H groups in total. The van der Waals surface area contributed by atoms with Gasteiger partial charge < -0.3 is 14.7 Å². The number of pyridine rings is 1. The Kier molecular flexibility index (Phi) is 2.91. The first-order valence-corrected chi connectivity index (χ1v) is 6.25. The number of hydrogen-bond donors (Lipinski definition) is 1. The summed E-state index contributed by atoms with van der Waals surface area (Å²) < 4.78 is 5.91. The zero-order chi connectivity index (χ0) is 12.5. The first kappa shape index (κ1) is 11.5. The van der Waals surface area contributed by atoms with Crippen LogP contribution in [0.25, 0.3) is 0 Å². The average molecular weight is 248 g/mol. The van der Waals surface area contributed by atoms with Crippen molar-refractivity contribution in [3.63, 3.8) is 0 Å². The van der Waals surface area contributed by atoms with Crippen LogP contribution in [0.5, 0.6) is 5.75 Å². The van der Waals surface area contributed by atoms with Crippen LogP contribution in [0.1, 0.15) is 12.8 Å². The molecule has 1 amide bonds. The third kappa shape index (κ3) is 1.95. The normalized spacial score (nSPS) is 29.6. The molecule has 18 heavy (non-hydrogen) atoms. The van der Waals surface area contributed by atoms with Crippen molar-refractivity contribution in [3.05, 3.63) is 24.5 Å². The molecule has 1 aromatic heterocycles. The maximum absolute atomic E-state index is 11.5. The highest BCUT2D eigenvalue weighted by atomic mass is 16.5. The van der Waals surface area contributed by atoms with Crippen molar-refractivity contribution >= 4 is 5.91 Å². The van der Waals surface area contributed by atoms with Gasteiger partial charge in [-0.3, -0.25) is 9.78 Å². The van der Waals surface area contributed by atoms with Crippen molar-refractivity contribution in [1.82, 2.24) is 9.88 Å². The van der Waals surface area contributed by atoms with Crippen LogP contribution in [-0.2, 0) is 4.79 Å². The SMILES string of the molecule is O=C(CO)N1CC2CC1C[C@@H]2Oc1cccnc1. The van der Waals surface area contributed by atoms with E-state index < -0.39 is 6.61 Å². The van der Waals surface area contributed by atoms with Crippen LogP contribution >= 0.6 is 0 Å². The fourth-order valence-electron chi connectivity index (χ4n) is 3.04. The van der Waals surface area contributed by atoms with Gasteiger partial charge in [-0.05, 0) is 18.6 Å². The Morgan fingerprint density at radius 1 is 1.56 bits per heavy atom. The Bertz CT molecular complexity index is 437. The van der Waals surface area contributed by atoms with Crippen LogP contribution in [0.4, 0.5) is 0 Å². The number of piperidine rings is 1. The number of carbonyl (C=O) groups is 1. The largest absolute Gasteiger partial charge is 0.488 e. The zero-order valence-electron chi connectivity index (χ0n) is 10.0. The van der Waals surface area contributed by atoms with Gasteiger partial charge in [0, 0.05) is 31.1 Å². The summed E-state index contributed by atoms with van der Waals surface area (Å²) in [5.41, 5.74) is 0. The Labute approximate surface area is 105 Å². The summed E-state index contributed by atoms with van der Waals surface area (Å²) in [5, 5.41) is 8.89. The average Bonchev–Trinajstić information content (AvgIpc) is 2.98. The number of amides is 1. The van der Waals surface area contributed by atoms with E-state index in [4.69, 9.17) is 9.84 Å². The van der Waals surface area contributed by atoms with Crippen molar-refractivity contribution in [2.24, 2.45) is 5.92 Å². The Morgan fingerprint density at radius 3 is 3.06 bits per heavy atom. The van der Waals surface area contributed by atoms with Crippen LogP contribution < -0.4 is 4.74 Å². The standard InChI is InChI=1S/C13H16N2O3/c16-8-13(17)15-7-9-4-10(15)5-12(9)18-11-2-1-3-14-6-11/h1-3,6,9-10,12,16H,4-5,7-8H2/t9?,10?,12-/m0/s1. The number of carbonyl (C=O) groups excluding carboxylic acids is 1. The molecule has 3 atom stereocenters. The van der Waals surface area contributed by atoms with E-state index in [1.807, 2.05) is 12.1 Å². The van der Waals surface area contributed by atoms with Crippen LogP contribution in [0, 0.1) is 5.92 Å². The van der Waals surface area contributed by atoms with Crippen LogP contribution in [0.3, 0.4) is 0 Å². The van der Waals surface area contributed by atoms with Crippen molar-refractivity contribution in [2.45, 2.75) is 25.0 Å². The number of ether oxygens (including phenoxy) is 1. The van der Waals surface area contributed by atoms with Gasteiger partial charge in [-0.2, -0.15) is 0 Å². The maximum Gasteiger partial charge on any atom is 0.248 e. The minimum absolute atomic E-state index is 0.165. The first-order chi connectivity index (χ1) is 8.78. The van der Waals surface area contributed by atoms with E-state index in [0.29, 0.717) is 12.5 Å². The molecule has 1 aromatic rings. The monoisotopic (exact) mass is 248 g/mol. The molecule has 2 unspecified atom stereocenters. The summed E-state index contributed by atoms with van der Waals surface area (Å²) in [7, 11) is 0. The molecule has 2 fully saturated rings. The molecule has 5 nitrogen and oxygen atoms in total. The molecule has 1 aliphatic carbocycles. The highest BCUT2D eigenvalue weighted by Gasteiger charge is 2.47. The molecule has 5 heteroatoms. The predicted octanol–water partition coefficient (Wildman–Crippen LogP) is 0.442. The molecular weight excluding hydrogens is 232 g/mol. The molecule has 0 aromatic carbocycles. The number of aromatic nitrogens is 1. The minimum atomic E-state index is -0.392. The molecule has 1 saturated carbocycles. The predicted molar refractivity (Wildman–Crippen MR) is 64.0 cm³/mol. The highest BCUT2D eigenvalue weighted by Crippen LogP contribution is 2.39. The van der Waals surface area contributed by atoms with Gasteiger partial charge in [-0.15, -0.1) is 0 Å². The molecule has 3 rings (SSSR count). The topological polar surface area (TPSA) is 62.7 Å². The number of aliphatic hydroxyl groups is 1. The maximum atomic E-state index is 11.5. The van der Waals surface area contributed by atoms with Crippen molar-refractivity contribution in [2.75, 3.05) is 13.2 Å². The molecule has 1 saturated heterocycles. The molecule has 2 heterocycles. The first-order valence-electron chi connectivity index (χ1n) is 6.25. The van der Waals surface area contributed by atoms with Crippen molar-refractivity contribution < 1.29 is 14.6 Å². The van der Waals surface area contributed by atoms with E-state index in [1.165, 1.54) is 0 Å². The highest BCUT2D eigenvalue weighted by molar-refractivity contribution is 5.78.